The highest BCUT2D eigenvalue weighted by Crippen LogP contribution is 2.45. The van der Waals surface area contributed by atoms with Crippen LogP contribution in [0.2, 0.25) is 0 Å². The molecular weight excluding hydrogens is 386 g/mol. The lowest BCUT2D eigenvalue weighted by atomic mass is 9.92. The lowest BCUT2D eigenvalue weighted by Crippen LogP contribution is -2.41. The second-order valence-electron chi connectivity index (χ2n) is 7.30. The molecule has 2 aliphatic rings. The first-order chi connectivity index (χ1) is 14.6. The maximum atomic E-state index is 12.8. The van der Waals surface area contributed by atoms with Gasteiger partial charge in [0.15, 0.2) is 5.78 Å². The van der Waals surface area contributed by atoms with Gasteiger partial charge in [-0.05, 0) is 23.8 Å². The van der Waals surface area contributed by atoms with Gasteiger partial charge in [-0.15, -0.1) is 0 Å². The smallest absolute Gasteiger partial charge is 0.253 e. The van der Waals surface area contributed by atoms with Crippen LogP contribution in [0.5, 0.6) is 11.5 Å². The van der Waals surface area contributed by atoms with Crippen LogP contribution in [0, 0.1) is 0 Å². The second-order valence-corrected chi connectivity index (χ2v) is 7.30. The van der Waals surface area contributed by atoms with Gasteiger partial charge >= 0.3 is 0 Å². The van der Waals surface area contributed by atoms with E-state index in [-0.39, 0.29) is 24.2 Å². The van der Waals surface area contributed by atoms with Gasteiger partial charge in [0.2, 0.25) is 0 Å². The molecule has 158 valence electrons. The van der Waals surface area contributed by atoms with Gasteiger partial charge in [-0.2, -0.15) is 0 Å². The Hall–Kier alpha value is -2.90. The minimum atomic E-state index is -0.0927. The molecule has 30 heavy (non-hydrogen) atoms. The lowest BCUT2D eigenvalue weighted by molar-refractivity contribution is -0.125. The Kier molecular flexibility index (Phi) is 6.01. The van der Waals surface area contributed by atoms with Crippen LogP contribution in [0.15, 0.2) is 36.4 Å². The number of ketones is 1. The lowest BCUT2D eigenvalue weighted by Gasteiger charge is -2.27. The Morgan fingerprint density at radius 2 is 1.90 bits per heavy atom. The summed E-state index contributed by atoms with van der Waals surface area (Å²) >= 11 is 0. The molecule has 1 saturated heterocycles. The van der Waals surface area contributed by atoms with Gasteiger partial charge < -0.3 is 23.8 Å². The molecule has 1 amide bonds. The first kappa shape index (κ1) is 20.4. The van der Waals surface area contributed by atoms with Crippen molar-refractivity contribution in [1.82, 2.24) is 0 Å². The largest absolute Gasteiger partial charge is 0.496 e. The number of rotatable bonds is 7. The number of methoxy groups -OCH3 is 2. The quantitative estimate of drug-likeness (QED) is 0.653. The van der Waals surface area contributed by atoms with Crippen LogP contribution in [0.3, 0.4) is 0 Å². The predicted molar refractivity (Wildman–Crippen MR) is 111 cm³/mol. The van der Waals surface area contributed by atoms with Gasteiger partial charge in [0.05, 0.1) is 20.3 Å². The zero-order valence-electron chi connectivity index (χ0n) is 17.2. The molecule has 0 spiro atoms. The first-order valence-electron chi connectivity index (χ1n) is 9.97. The van der Waals surface area contributed by atoms with E-state index < -0.39 is 0 Å². The normalized spacial score (nSPS) is 18.5. The summed E-state index contributed by atoms with van der Waals surface area (Å²) in [6.45, 7) is 2.05. The van der Waals surface area contributed by atoms with Crippen molar-refractivity contribution in [3.05, 3.63) is 53.1 Å². The molecule has 7 nitrogen and oxygen atoms in total. The molecule has 2 aromatic carbocycles. The number of fused-ring (bicyclic) bond motifs is 1. The summed E-state index contributed by atoms with van der Waals surface area (Å²) < 4.78 is 21.5. The summed E-state index contributed by atoms with van der Waals surface area (Å²) in [4.78, 5) is 26.6. The summed E-state index contributed by atoms with van der Waals surface area (Å²) in [6.07, 6.45) is 0.378. The third-order valence-electron chi connectivity index (χ3n) is 5.52. The van der Waals surface area contributed by atoms with E-state index in [1.807, 2.05) is 30.3 Å². The van der Waals surface area contributed by atoms with Crippen molar-refractivity contribution in [2.24, 2.45) is 0 Å². The average molecular weight is 411 g/mol. The van der Waals surface area contributed by atoms with Crippen LogP contribution in [-0.4, -0.2) is 58.9 Å². The molecule has 1 heterocycles. The fraction of sp³-hybridized carbons (Fsp3) is 0.391. The third kappa shape index (κ3) is 3.91. The number of ether oxygens (including phenoxy) is 4. The fourth-order valence-corrected chi connectivity index (χ4v) is 4.05. The van der Waals surface area contributed by atoms with Gasteiger partial charge in [-0.1, -0.05) is 12.1 Å². The molecule has 1 aliphatic carbocycles. The average Bonchev–Trinajstić information content (AvgIpc) is 3.10. The van der Waals surface area contributed by atoms with E-state index in [0.29, 0.717) is 49.8 Å². The molecule has 1 atom stereocenters. The number of Topliss-reactive ketones (excluding diaryl/α,β-unsaturated/α-hetero) is 1. The second kappa shape index (κ2) is 8.85. The Balaban J connectivity index is 1.61. The summed E-state index contributed by atoms with van der Waals surface area (Å²) in [5.74, 6) is 1.17. The van der Waals surface area contributed by atoms with Crippen LogP contribution >= 0.6 is 0 Å². The zero-order valence-corrected chi connectivity index (χ0v) is 17.2. The molecule has 1 aliphatic heterocycles. The third-order valence-corrected chi connectivity index (χ3v) is 5.52. The van der Waals surface area contributed by atoms with Crippen LogP contribution in [0.4, 0.5) is 5.69 Å². The minimum absolute atomic E-state index is 0.0435. The van der Waals surface area contributed by atoms with E-state index in [1.165, 1.54) is 0 Å². The number of carbonyl (C=O) groups is 2. The standard InChI is InChI=1S/C23H25NO6/c1-27-9-10-30-17-11-19-20(25)13-18(23(19)21(12-17)28-2)15-3-5-16(6-4-15)24-7-8-29-14-22(24)26/h3-6,11-12,18H,7-10,13-14H2,1-2H3. The Labute approximate surface area is 175 Å². The fourth-order valence-electron chi connectivity index (χ4n) is 4.05. The first-order valence-corrected chi connectivity index (χ1v) is 9.97. The van der Waals surface area contributed by atoms with Gasteiger partial charge in [0, 0.05) is 48.9 Å². The summed E-state index contributed by atoms with van der Waals surface area (Å²) in [6, 6.07) is 11.4. The number of morpholine rings is 1. The van der Waals surface area contributed by atoms with Crippen molar-refractivity contribution in [1.29, 1.82) is 0 Å². The highest BCUT2D eigenvalue weighted by Gasteiger charge is 2.34. The van der Waals surface area contributed by atoms with Crippen molar-refractivity contribution in [3.8, 4) is 11.5 Å². The summed E-state index contributed by atoms with van der Waals surface area (Å²) in [5, 5.41) is 0. The topological polar surface area (TPSA) is 74.3 Å². The molecule has 0 radical (unpaired) electrons. The molecule has 0 saturated carbocycles. The van der Waals surface area contributed by atoms with E-state index in [0.717, 1.165) is 16.8 Å². The Morgan fingerprint density at radius 1 is 1.10 bits per heavy atom. The highest BCUT2D eigenvalue weighted by atomic mass is 16.5. The monoisotopic (exact) mass is 411 g/mol. The van der Waals surface area contributed by atoms with E-state index in [9.17, 15) is 9.59 Å². The van der Waals surface area contributed by atoms with Gasteiger partial charge in [-0.3, -0.25) is 9.59 Å². The van der Waals surface area contributed by atoms with Crippen molar-refractivity contribution in [2.45, 2.75) is 12.3 Å². The minimum Gasteiger partial charge on any atom is -0.496 e. The number of hydrogen-bond acceptors (Lipinski definition) is 6. The molecule has 1 fully saturated rings. The number of nitrogens with zero attached hydrogens (tertiary/aromatic N) is 1. The molecule has 1 unspecified atom stereocenters. The predicted octanol–water partition coefficient (Wildman–Crippen LogP) is 2.80. The van der Waals surface area contributed by atoms with Crippen molar-refractivity contribution < 1.29 is 28.5 Å². The van der Waals surface area contributed by atoms with Crippen molar-refractivity contribution in [2.75, 3.05) is 52.1 Å². The van der Waals surface area contributed by atoms with Gasteiger partial charge in [0.1, 0.15) is 24.7 Å². The SMILES string of the molecule is COCCOc1cc(OC)c2c(c1)C(=O)CC2c1ccc(N2CCOCC2=O)cc1. The Morgan fingerprint density at radius 3 is 2.60 bits per heavy atom. The molecule has 0 N–H and O–H groups in total. The molecule has 2 aromatic rings. The van der Waals surface area contributed by atoms with Crippen LogP contribution in [0.1, 0.15) is 33.8 Å². The van der Waals surface area contributed by atoms with Crippen molar-refractivity contribution >= 4 is 17.4 Å². The van der Waals surface area contributed by atoms with Gasteiger partial charge in [0.25, 0.3) is 5.91 Å². The number of carbonyl (C=O) groups excluding carboxylic acids is 2. The number of anilines is 1. The maximum absolute atomic E-state index is 12.8. The maximum Gasteiger partial charge on any atom is 0.253 e. The number of benzene rings is 2. The number of hydrogen-bond donors (Lipinski definition) is 0. The molecule has 0 aromatic heterocycles. The van der Waals surface area contributed by atoms with E-state index in [1.54, 1.807) is 25.2 Å². The molecular formula is C23H25NO6. The van der Waals surface area contributed by atoms with Gasteiger partial charge in [-0.25, -0.2) is 0 Å². The summed E-state index contributed by atoms with van der Waals surface area (Å²) in [7, 11) is 3.21. The van der Waals surface area contributed by atoms with Crippen LogP contribution in [-0.2, 0) is 14.3 Å². The molecule has 7 heteroatoms. The van der Waals surface area contributed by atoms with E-state index in [4.69, 9.17) is 18.9 Å². The van der Waals surface area contributed by atoms with Crippen molar-refractivity contribution in [3.63, 3.8) is 0 Å². The Bertz CT molecular complexity index is 939. The van der Waals surface area contributed by atoms with Crippen LogP contribution < -0.4 is 14.4 Å². The van der Waals surface area contributed by atoms with E-state index >= 15 is 0 Å². The zero-order chi connectivity index (χ0) is 21.1. The summed E-state index contributed by atoms with van der Waals surface area (Å²) in [5.41, 5.74) is 3.37. The number of amides is 1. The highest BCUT2D eigenvalue weighted by molar-refractivity contribution is 6.03. The van der Waals surface area contributed by atoms with Crippen LogP contribution in [0.25, 0.3) is 0 Å². The van der Waals surface area contributed by atoms with E-state index in [2.05, 4.69) is 0 Å². The molecule has 4 rings (SSSR count). The molecule has 0 bridgehead atoms.